The van der Waals surface area contributed by atoms with Gasteiger partial charge in [-0.3, -0.25) is 9.69 Å². The number of nitrogens with one attached hydrogen (secondary N) is 1. The van der Waals surface area contributed by atoms with Gasteiger partial charge in [-0.2, -0.15) is 0 Å². The van der Waals surface area contributed by atoms with Gasteiger partial charge in [0, 0.05) is 5.56 Å². The Morgan fingerprint density at radius 2 is 1.84 bits per heavy atom. The molecule has 1 atom stereocenters. The topological polar surface area (TPSA) is 41.6 Å². The molecule has 1 unspecified atom stereocenters. The van der Waals surface area contributed by atoms with Crippen LogP contribution >= 0.6 is 12.2 Å². The van der Waals surface area contributed by atoms with E-state index >= 15 is 0 Å². The zero-order valence-corrected chi connectivity index (χ0v) is 14.4. The van der Waals surface area contributed by atoms with E-state index in [0.29, 0.717) is 10.8 Å². The first-order chi connectivity index (χ1) is 12.1. The van der Waals surface area contributed by atoms with Crippen molar-refractivity contribution in [2.45, 2.75) is 13.0 Å². The maximum Gasteiger partial charge on any atom is 0.281 e. The van der Waals surface area contributed by atoms with Gasteiger partial charge in [-0.25, -0.2) is 0 Å². The quantitative estimate of drug-likeness (QED) is 0.664. The van der Waals surface area contributed by atoms with Gasteiger partial charge >= 0.3 is 0 Å². The summed E-state index contributed by atoms with van der Waals surface area (Å²) in [7, 11) is 0. The van der Waals surface area contributed by atoms with Crippen LogP contribution in [-0.4, -0.2) is 17.1 Å². The molecule has 1 amide bonds. The van der Waals surface area contributed by atoms with Crippen LogP contribution in [0.1, 0.15) is 12.5 Å². The summed E-state index contributed by atoms with van der Waals surface area (Å²) >= 11 is 5.34. The summed E-state index contributed by atoms with van der Waals surface area (Å²) in [5.41, 5.74) is 3.13. The highest BCUT2D eigenvalue weighted by atomic mass is 32.1. The van der Waals surface area contributed by atoms with E-state index in [1.807, 2.05) is 73.7 Å². The van der Waals surface area contributed by atoms with Gasteiger partial charge < -0.3 is 10.1 Å². The summed E-state index contributed by atoms with van der Waals surface area (Å²) in [5.74, 6) is 0.687. The normalized spacial score (nSPS) is 20.8. The lowest BCUT2D eigenvalue weighted by atomic mass is 10.0. The Hall–Kier alpha value is -2.92. The van der Waals surface area contributed by atoms with E-state index in [4.69, 9.17) is 17.0 Å². The van der Waals surface area contributed by atoms with Crippen molar-refractivity contribution in [2.24, 2.45) is 0 Å². The summed E-state index contributed by atoms with van der Waals surface area (Å²) < 4.78 is 5.93. The molecule has 1 saturated heterocycles. The lowest BCUT2D eigenvalue weighted by Gasteiger charge is -2.23. The minimum absolute atomic E-state index is 0.142. The monoisotopic (exact) mass is 348 g/mol. The van der Waals surface area contributed by atoms with E-state index < -0.39 is 0 Å². The Morgan fingerprint density at radius 1 is 1.12 bits per heavy atom. The van der Waals surface area contributed by atoms with E-state index in [1.165, 1.54) is 4.90 Å². The number of hydrogen-bond acceptors (Lipinski definition) is 3. The first-order valence-corrected chi connectivity index (χ1v) is 8.44. The molecule has 0 aliphatic carbocycles. The van der Waals surface area contributed by atoms with Crippen molar-refractivity contribution in [3.05, 3.63) is 77.5 Å². The number of nitrogens with zero attached hydrogens (tertiary/aromatic N) is 1. The average molecular weight is 348 g/mol. The molecule has 0 bridgehead atoms. The Labute approximate surface area is 151 Å². The van der Waals surface area contributed by atoms with Crippen molar-refractivity contribution < 1.29 is 9.53 Å². The molecule has 0 aromatic heterocycles. The third-order valence-corrected chi connectivity index (χ3v) is 4.50. The van der Waals surface area contributed by atoms with Crippen molar-refractivity contribution in [2.75, 3.05) is 4.90 Å². The average Bonchev–Trinajstić information content (AvgIpc) is 2.90. The number of rotatable bonds is 2. The van der Waals surface area contributed by atoms with Gasteiger partial charge in [0.2, 0.25) is 0 Å². The van der Waals surface area contributed by atoms with Crippen LogP contribution in [0.5, 0.6) is 5.75 Å². The minimum atomic E-state index is -0.164. The van der Waals surface area contributed by atoms with E-state index in [2.05, 4.69) is 5.32 Å². The Bertz CT molecular complexity index is 918. The van der Waals surface area contributed by atoms with Gasteiger partial charge in [0.05, 0.1) is 5.69 Å². The number of anilines is 1. The van der Waals surface area contributed by atoms with Gasteiger partial charge in [0.25, 0.3) is 5.91 Å². The number of benzene rings is 2. The lowest BCUT2D eigenvalue weighted by Crippen LogP contribution is -2.30. The highest BCUT2D eigenvalue weighted by Gasteiger charge is 2.32. The fourth-order valence-corrected chi connectivity index (χ4v) is 3.23. The molecule has 2 heterocycles. The van der Waals surface area contributed by atoms with Crippen LogP contribution in [0.25, 0.3) is 6.08 Å². The predicted octanol–water partition coefficient (Wildman–Crippen LogP) is 3.66. The van der Waals surface area contributed by atoms with Crippen molar-refractivity contribution in [3.8, 4) is 5.75 Å². The molecule has 25 heavy (non-hydrogen) atoms. The second-order valence-electron chi connectivity index (χ2n) is 5.91. The maximum atomic E-state index is 12.8. The zero-order valence-electron chi connectivity index (χ0n) is 13.6. The summed E-state index contributed by atoms with van der Waals surface area (Å²) in [6, 6.07) is 17.2. The molecule has 124 valence electrons. The first-order valence-electron chi connectivity index (χ1n) is 8.03. The third-order valence-electron chi connectivity index (χ3n) is 4.22. The predicted molar refractivity (Wildman–Crippen MR) is 102 cm³/mol. The van der Waals surface area contributed by atoms with E-state index in [1.54, 1.807) is 0 Å². The molecule has 0 radical (unpaired) electrons. The first kappa shape index (κ1) is 15.6. The summed E-state index contributed by atoms with van der Waals surface area (Å²) in [4.78, 5) is 14.3. The molecule has 2 aliphatic heterocycles. The van der Waals surface area contributed by atoms with Gasteiger partial charge in [-0.15, -0.1) is 0 Å². The fraction of sp³-hybridized carbons (Fsp3) is 0.100. The Balaban J connectivity index is 1.68. The number of hydrogen-bond donors (Lipinski definition) is 1. The standard InChI is InChI=1S/C20H16N2O2S/c1-13-15(11-14-7-5-6-10-18(14)24-13)12-17-19(23)22(20(25)21-17)16-8-3-2-4-9-16/h2-13H,1H3,(H,21,25). The van der Waals surface area contributed by atoms with Crippen LogP contribution < -0.4 is 15.0 Å². The number of carbonyl (C=O) groups excluding carboxylic acids is 1. The van der Waals surface area contributed by atoms with E-state index in [-0.39, 0.29) is 12.0 Å². The molecule has 1 fully saturated rings. The number of amides is 1. The third kappa shape index (κ3) is 2.83. The van der Waals surface area contributed by atoms with Gasteiger partial charge in [-0.05, 0) is 55.1 Å². The number of fused-ring (bicyclic) bond motifs is 1. The van der Waals surface area contributed by atoms with Crippen molar-refractivity contribution in [1.29, 1.82) is 0 Å². The molecule has 2 aromatic rings. The molecule has 4 rings (SSSR count). The van der Waals surface area contributed by atoms with Gasteiger partial charge in [0.1, 0.15) is 17.6 Å². The highest BCUT2D eigenvalue weighted by Crippen LogP contribution is 2.31. The molecule has 2 aromatic carbocycles. The molecule has 2 aliphatic rings. The molecular weight excluding hydrogens is 332 g/mol. The van der Waals surface area contributed by atoms with Crippen LogP contribution in [0, 0.1) is 0 Å². The molecule has 0 saturated carbocycles. The van der Waals surface area contributed by atoms with Crippen LogP contribution in [0.15, 0.2) is 71.9 Å². The van der Waals surface area contributed by atoms with Crippen molar-refractivity contribution in [1.82, 2.24) is 5.32 Å². The number of ether oxygens (including phenoxy) is 1. The lowest BCUT2D eigenvalue weighted by molar-refractivity contribution is -0.113. The van der Waals surface area contributed by atoms with E-state index in [9.17, 15) is 4.79 Å². The van der Waals surface area contributed by atoms with E-state index in [0.717, 1.165) is 22.6 Å². The second-order valence-corrected chi connectivity index (χ2v) is 6.29. The molecule has 0 spiro atoms. The van der Waals surface area contributed by atoms with Gasteiger partial charge in [-0.1, -0.05) is 36.4 Å². The minimum Gasteiger partial charge on any atom is -0.485 e. The SMILES string of the molecule is CC1Oc2ccccc2C=C1C=C1NC(=S)N(c2ccccc2)C1=O. The molecule has 1 N–H and O–H groups in total. The zero-order chi connectivity index (χ0) is 17.4. The fourth-order valence-electron chi connectivity index (χ4n) is 2.93. The van der Waals surface area contributed by atoms with Crippen molar-refractivity contribution in [3.63, 3.8) is 0 Å². The number of para-hydroxylation sites is 2. The highest BCUT2D eigenvalue weighted by molar-refractivity contribution is 7.80. The van der Waals surface area contributed by atoms with Crippen LogP contribution in [0.3, 0.4) is 0 Å². The Morgan fingerprint density at radius 3 is 2.64 bits per heavy atom. The van der Waals surface area contributed by atoms with Crippen LogP contribution in [-0.2, 0) is 4.79 Å². The summed E-state index contributed by atoms with van der Waals surface area (Å²) in [6.07, 6.45) is 3.72. The van der Waals surface area contributed by atoms with Crippen molar-refractivity contribution >= 4 is 35.0 Å². The van der Waals surface area contributed by atoms with Gasteiger partial charge in [0.15, 0.2) is 5.11 Å². The maximum absolute atomic E-state index is 12.8. The number of thiocarbonyl (C=S) groups is 1. The van der Waals surface area contributed by atoms with Crippen LogP contribution in [0.4, 0.5) is 5.69 Å². The smallest absolute Gasteiger partial charge is 0.281 e. The number of carbonyl (C=O) groups is 1. The van der Waals surface area contributed by atoms with Crippen LogP contribution in [0.2, 0.25) is 0 Å². The molecular formula is C20H16N2O2S. The second kappa shape index (κ2) is 6.18. The summed E-state index contributed by atoms with van der Waals surface area (Å²) in [5, 5.41) is 3.40. The summed E-state index contributed by atoms with van der Waals surface area (Å²) in [6.45, 7) is 1.96. The Kier molecular flexibility index (Phi) is 3.86. The molecule has 5 heteroatoms. The largest absolute Gasteiger partial charge is 0.485 e. The molecule has 4 nitrogen and oxygen atoms in total.